The number of carbonyl (C=O) groups excluding carboxylic acids is 6. The van der Waals surface area contributed by atoms with Crippen LogP contribution in [-0.2, 0) is 40.4 Å². The molecule has 1 saturated carbocycles. The van der Waals surface area contributed by atoms with Gasteiger partial charge < -0.3 is 61.4 Å². The van der Waals surface area contributed by atoms with Crippen LogP contribution in [0.5, 0.6) is 0 Å². The number of amides is 7. The molecule has 3 aliphatic rings. The second-order valence-corrected chi connectivity index (χ2v) is 35.6. The summed E-state index contributed by atoms with van der Waals surface area (Å²) in [7, 11) is 1.66. The predicted octanol–water partition coefficient (Wildman–Crippen LogP) is 14.5. The van der Waals surface area contributed by atoms with E-state index in [0.717, 1.165) is 128 Å². The Bertz CT molecular complexity index is 5170. The molecule has 0 unspecified atom stereocenters. The van der Waals surface area contributed by atoms with Crippen LogP contribution in [0.2, 0.25) is 0 Å². The zero-order chi connectivity index (χ0) is 86.0. The van der Waals surface area contributed by atoms with E-state index in [1.807, 2.05) is 123 Å². The maximum Gasteiger partial charge on any atom is 0.433 e. The first-order chi connectivity index (χ1) is 57.0. The van der Waals surface area contributed by atoms with Gasteiger partial charge in [-0.2, -0.15) is 18.3 Å². The molecule has 12 rings (SSSR count). The number of aryl methyl sites for hydroxylation is 2. The minimum absolute atomic E-state index is 0.0487. The number of benzene rings is 5. The number of alkyl halides is 3. The molecule has 1 aliphatic carbocycles. The molecule has 2 saturated heterocycles. The Balaban J connectivity index is 0.617. The molecule has 29 heteroatoms. The van der Waals surface area contributed by atoms with E-state index in [0.29, 0.717) is 96.3 Å². The van der Waals surface area contributed by atoms with Crippen molar-refractivity contribution in [1.82, 2.24) is 64.8 Å². The Kier molecular flexibility index (Phi) is 28.3. The number of aromatic nitrogens is 6. The summed E-state index contributed by atoms with van der Waals surface area (Å²) in [6, 6.07) is 32.3. The van der Waals surface area contributed by atoms with Gasteiger partial charge in [-0.1, -0.05) is 109 Å². The van der Waals surface area contributed by atoms with Crippen LogP contribution in [-0.4, -0.2) is 178 Å². The van der Waals surface area contributed by atoms with Gasteiger partial charge in [0.05, 0.1) is 45.0 Å². The Morgan fingerprint density at radius 2 is 1.40 bits per heavy atom. The number of unbranched alkanes of at least 4 members (excludes halogenated alkanes) is 4. The van der Waals surface area contributed by atoms with Gasteiger partial charge in [0.15, 0.2) is 5.82 Å². The van der Waals surface area contributed by atoms with Gasteiger partial charge in [0, 0.05) is 123 Å². The Morgan fingerprint density at radius 3 is 2.07 bits per heavy atom. The summed E-state index contributed by atoms with van der Waals surface area (Å²) < 4.78 is 43.8. The van der Waals surface area contributed by atoms with Crippen molar-refractivity contribution in [1.29, 1.82) is 0 Å². The number of hydrogen-bond acceptors (Lipinski definition) is 17. The summed E-state index contributed by atoms with van der Waals surface area (Å²) in [4.78, 5) is 119. The molecule has 638 valence electrons. The first-order valence-electron chi connectivity index (χ1n) is 41.6. The van der Waals surface area contributed by atoms with Crippen molar-refractivity contribution in [3.63, 3.8) is 0 Å². The Labute approximate surface area is 703 Å². The Morgan fingerprint density at radius 1 is 0.725 bits per heavy atom. The standard InChI is InChI=1S/C91H113F3N16O9S/c1-57-69(20-18-21-71(57)101-81(112)62-30-34-65(35-31-62)88(3,4)5)75-55-105(11)86(117)80(100-75)98-66-36-32-63(33-37-66)84(115)107-46-44-106(45-47-107)41-15-12-13-16-42-108(87(118)103-79(89(6,7)8)85(116)109-54-68(111)49-76(109)83(114)96-52-60-24-28-61(29-25-60)78-58(2)97-56-120-78)43-17-14-40-95-51-59-26-38-67(39-27-59)110-53-64-48-74(70(90(9,10)119)50-73(64)104-110)102-82(113)72-22-19-23-77(99-72)91(92,93)94/h18-25,28-37,48,50,53,55-56,59,67-68,76,79,95,111,119H,12-17,26-27,38-47,49,51-52,54H2,1-11H3,(H,96,114)(H,98,100)(H,101,112)(H,102,113)(H,103,118)/t59?,67?,68-,76+,79-/m1/s1. The van der Waals surface area contributed by atoms with Crippen molar-refractivity contribution < 1.29 is 52.2 Å². The second-order valence-electron chi connectivity index (χ2n) is 34.8. The van der Waals surface area contributed by atoms with Gasteiger partial charge in [-0.15, -0.1) is 11.3 Å². The van der Waals surface area contributed by atoms with Crippen LogP contribution in [0.1, 0.15) is 197 Å². The van der Waals surface area contributed by atoms with Crippen molar-refractivity contribution in [3.05, 3.63) is 200 Å². The summed E-state index contributed by atoms with van der Waals surface area (Å²) in [6.45, 7) is 25.0. The molecule has 25 nitrogen and oxygen atoms in total. The van der Waals surface area contributed by atoms with Crippen LogP contribution in [0.15, 0.2) is 144 Å². The van der Waals surface area contributed by atoms with Gasteiger partial charge in [0.25, 0.3) is 23.3 Å². The second kappa shape index (κ2) is 38.3. The van der Waals surface area contributed by atoms with Gasteiger partial charge in [-0.3, -0.25) is 38.3 Å². The number of nitrogens with zero attached hydrogens (tertiary/aromatic N) is 10. The van der Waals surface area contributed by atoms with E-state index in [9.17, 15) is 56.9 Å². The zero-order valence-corrected chi connectivity index (χ0v) is 71.3. The average Bonchev–Trinajstić information content (AvgIpc) is 1.59. The third-order valence-electron chi connectivity index (χ3n) is 23.1. The molecule has 4 aromatic heterocycles. The number of β-amino-alcohol motifs (C(OH)–C–C–N with tert-alkyl or cyclic N) is 1. The lowest BCUT2D eigenvalue weighted by molar-refractivity contribution is -0.142. The molecule has 3 atom stereocenters. The number of thiazole rings is 1. The number of hydrogen-bond donors (Lipinski definition) is 8. The molecule has 2 aliphatic heterocycles. The average molecular weight is 1660 g/mol. The number of aliphatic hydroxyl groups is 2. The molecule has 120 heavy (non-hydrogen) atoms. The van der Waals surface area contributed by atoms with E-state index < -0.39 is 64.5 Å². The smallest absolute Gasteiger partial charge is 0.391 e. The summed E-state index contributed by atoms with van der Waals surface area (Å²) in [5, 5.41) is 46.5. The van der Waals surface area contributed by atoms with E-state index in [4.69, 9.17) is 10.1 Å². The summed E-state index contributed by atoms with van der Waals surface area (Å²) in [5.41, 5.74) is 7.05. The quantitative estimate of drug-likeness (QED) is 0.0194. The molecule has 8 N–H and O–H groups in total. The molecular formula is C91H113F3N16O9S. The van der Waals surface area contributed by atoms with Gasteiger partial charge in [-0.25, -0.2) is 19.7 Å². The fraction of sp³-hybridized carbons (Fsp3) is 0.462. The lowest BCUT2D eigenvalue weighted by Crippen LogP contribution is -2.59. The minimum Gasteiger partial charge on any atom is -0.391 e. The van der Waals surface area contributed by atoms with Crippen LogP contribution in [0, 0.1) is 25.2 Å². The van der Waals surface area contributed by atoms with Crippen LogP contribution >= 0.6 is 11.3 Å². The van der Waals surface area contributed by atoms with Crippen molar-refractivity contribution >= 4 is 80.7 Å². The summed E-state index contributed by atoms with van der Waals surface area (Å²) in [6.07, 6.45) is 6.43. The first-order valence-corrected chi connectivity index (χ1v) is 42.5. The number of piperazine rings is 1. The highest BCUT2D eigenvalue weighted by molar-refractivity contribution is 7.13. The van der Waals surface area contributed by atoms with E-state index >= 15 is 0 Å². The van der Waals surface area contributed by atoms with E-state index in [1.54, 1.807) is 79.7 Å². The van der Waals surface area contributed by atoms with E-state index in [1.165, 1.54) is 15.5 Å². The van der Waals surface area contributed by atoms with Crippen molar-refractivity contribution in [3.8, 4) is 21.7 Å². The molecule has 0 spiro atoms. The number of likely N-dealkylation sites (tertiary alicyclic amines) is 1. The number of anilines is 4. The number of nitrogens with one attached hydrogen (secondary N) is 6. The summed E-state index contributed by atoms with van der Waals surface area (Å²) in [5.74, 6) is -1.49. The molecule has 5 aromatic carbocycles. The van der Waals surface area contributed by atoms with Gasteiger partial charge in [0.1, 0.15) is 23.5 Å². The normalized spacial score (nSPS) is 17.1. The highest BCUT2D eigenvalue weighted by Crippen LogP contribution is 2.38. The first kappa shape index (κ1) is 88.6. The Hall–Kier alpha value is -10.7. The number of rotatable bonds is 30. The fourth-order valence-corrected chi connectivity index (χ4v) is 16.8. The lowest BCUT2D eigenvalue weighted by atomic mass is 9.85. The van der Waals surface area contributed by atoms with E-state index in [2.05, 4.69) is 67.5 Å². The van der Waals surface area contributed by atoms with Crippen LogP contribution in [0.25, 0.3) is 32.6 Å². The number of carbonyl (C=O) groups is 6. The predicted molar refractivity (Wildman–Crippen MR) is 462 cm³/mol. The number of fused-ring (bicyclic) bond motifs is 1. The van der Waals surface area contributed by atoms with Gasteiger partial charge >= 0.3 is 12.2 Å². The van der Waals surface area contributed by atoms with Crippen molar-refractivity contribution in [2.24, 2.45) is 18.4 Å². The molecule has 6 heterocycles. The third kappa shape index (κ3) is 22.5. The number of pyridine rings is 1. The molecule has 0 radical (unpaired) electrons. The molecule has 3 fully saturated rings. The third-order valence-corrected chi connectivity index (χ3v) is 24.1. The maximum absolute atomic E-state index is 14.9. The fourth-order valence-electron chi connectivity index (χ4n) is 15.9. The van der Waals surface area contributed by atoms with Gasteiger partial charge in [0.2, 0.25) is 11.8 Å². The topological polar surface area (TPSA) is 307 Å². The molecule has 7 amide bonds. The van der Waals surface area contributed by atoms with Crippen molar-refractivity contribution in [2.75, 3.05) is 81.4 Å². The minimum atomic E-state index is -4.74. The maximum atomic E-state index is 14.9. The SMILES string of the molecule is Cc1ncsc1-c1ccc(CNC(=O)[C@@H]2C[C@@H](O)CN2C(=O)[C@@H](NC(=O)N(CCCCCCN2CCN(C(=O)c3ccc(Nc4nc(-c5cccc(NC(=O)c6ccc(C(C)(C)C)cc6)c5C)cn(C)c4=O)cc3)CC2)CCCCNCC2CCC(n3cc4cc(NC(=O)c5cccc(C(F)(F)F)n5)c(C(C)(C)O)cc4n3)CC2)C(C)(C)C)cc1. The number of aliphatic hydroxyl groups excluding tert-OH is 1. The largest absolute Gasteiger partial charge is 0.433 e. The highest BCUT2D eigenvalue weighted by atomic mass is 32.1. The summed E-state index contributed by atoms with van der Waals surface area (Å²) >= 11 is 1.56. The lowest BCUT2D eigenvalue weighted by Gasteiger charge is -2.36. The van der Waals surface area contributed by atoms with E-state index in [-0.39, 0.29) is 65.9 Å². The van der Waals surface area contributed by atoms with Crippen LogP contribution in [0.4, 0.5) is 40.8 Å². The molecular weight excluding hydrogens is 1550 g/mol. The molecule has 0 bridgehead atoms. The monoisotopic (exact) mass is 1660 g/mol. The van der Waals surface area contributed by atoms with Crippen molar-refractivity contribution in [2.45, 2.75) is 188 Å². The molecule has 9 aromatic rings. The number of halogens is 3. The number of urea groups is 1. The van der Waals surface area contributed by atoms with Gasteiger partial charge in [-0.05, 0) is 204 Å². The zero-order valence-electron chi connectivity index (χ0n) is 70.5. The highest BCUT2D eigenvalue weighted by Gasteiger charge is 2.45. The van der Waals surface area contributed by atoms with Crippen LogP contribution in [0.3, 0.4) is 0 Å². The van der Waals surface area contributed by atoms with Crippen LogP contribution < -0.4 is 37.5 Å².